The molecule has 0 aliphatic carbocycles. The van der Waals surface area contributed by atoms with E-state index >= 15 is 0 Å². The lowest BCUT2D eigenvalue weighted by molar-refractivity contribution is -0.384. The van der Waals surface area contributed by atoms with Crippen LogP contribution in [-0.4, -0.2) is 11.2 Å². The van der Waals surface area contributed by atoms with Crippen molar-refractivity contribution < 1.29 is 9.72 Å². The summed E-state index contributed by atoms with van der Waals surface area (Å²) in [6, 6.07) is 5.41. The summed E-state index contributed by atoms with van der Waals surface area (Å²) in [5, 5.41) is 10.1. The monoisotopic (exact) mass is 271 g/mol. The molecule has 1 rings (SSSR count). The van der Waals surface area contributed by atoms with E-state index < -0.39 is 4.92 Å². The van der Waals surface area contributed by atoms with Crippen LogP contribution in [0, 0.1) is 10.1 Å². The summed E-state index contributed by atoms with van der Waals surface area (Å²) in [5.74, 6) is 0. The van der Waals surface area contributed by atoms with Gasteiger partial charge >= 0.3 is 0 Å². The highest BCUT2D eigenvalue weighted by molar-refractivity contribution is 5.75. The molecule has 0 aromatic heterocycles. The van der Waals surface area contributed by atoms with Crippen LogP contribution in [0.2, 0.25) is 0 Å². The number of nitrogens with zero attached hydrogens (tertiary/aromatic N) is 1. The number of hydrogen-bond donors (Lipinski definition) is 0. The van der Waals surface area contributed by atoms with Gasteiger partial charge in [-0.3, -0.25) is 14.9 Å². The zero-order valence-electron chi connectivity index (χ0n) is 13.6. The maximum absolute atomic E-state index is 10.1. The van der Waals surface area contributed by atoms with Gasteiger partial charge in [0.05, 0.1) is 4.92 Å². The summed E-state index contributed by atoms with van der Waals surface area (Å²) in [6.07, 6.45) is 0.643. The highest BCUT2D eigenvalue weighted by atomic mass is 16.6. The molecule has 0 atom stereocenters. The van der Waals surface area contributed by atoms with Crippen molar-refractivity contribution in [1.82, 2.24) is 0 Å². The fourth-order valence-corrected chi connectivity index (χ4v) is 0.675. The molecule has 4 heteroatoms. The molecule has 0 amide bonds. The summed E-state index contributed by atoms with van der Waals surface area (Å²) in [5.41, 5.74) is 0.436. The highest BCUT2D eigenvalue weighted by Crippen LogP contribution is 2.09. The van der Waals surface area contributed by atoms with Gasteiger partial charge in [-0.15, -0.1) is 0 Å². The van der Waals surface area contributed by atoms with Crippen molar-refractivity contribution in [1.29, 1.82) is 0 Å². The van der Waals surface area contributed by atoms with Crippen molar-refractivity contribution in [3.05, 3.63) is 39.9 Å². The third kappa shape index (κ3) is 16.3. The molecule has 0 unspecified atom stereocenters. The molecule has 0 aliphatic rings. The molecule has 0 radical (unpaired) electrons. The first-order valence-corrected chi connectivity index (χ1v) is 6.93. The quantitative estimate of drug-likeness (QED) is 0.404. The molecule has 19 heavy (non-hydrogen) atoms. The minimum atomic E-state index is -0.505. The van der Waals surface area contributed by atoms with Gasteiger partial charge in [0.1, 0.15) is 6.29 Å². The maximum atomic E-state index is 10.1. The van der Waals surface area contributed by atoms with Crippen LogP contribution in [0.1, 0.15) is 65.7 Å². The molecule has 0 fully saturated rings. The van der Waals surface area contributed by atoms with Crippen LogP contribution in [0.25, 0.3) is 0 Å². The van der Waals surface area contributed by atoms with E-state index in [1.54, 1.807) is 0 Å². The van der Waals surface area contributed by atoms with Crippen LogP contribution in [0.5, 0.6) is 0 Å². The van der Waals surface area contributed by atoms with Gasteiger partial charge in [-0.05, 0) is 12.1 Å². The Morgan fingerprint density at radius 2 is 1.16 bits per heavy atom. The third-order valence-electron chi connectivity index (χ3n) is 1.24. The SMILES string of the molecule is CC.CC.CC.CC.O=Cc1ccc([N+](=O)[O-])cc1. The number of nitro benzene ring substituents is 1. The Kier molecular flexibility index (Phi) is 34.5. The first-order chi connectivity index (χ1) is 9.24. The number of rotatable bonds is 2. The van der Waals surface area contributed by atoms with Crippen molar-refractivity contribution in [2.75, 3.05) is 0 Å². The summed E-state index contributed by atoms with van der Waals surface area (Å²) < 4.78 is 0. The number of non-ortho nitro benzene ring substituents is 1. The molecule has 0 bridgehead atoms. The van der Waals surface area contributed by atoms with Crippen molar-refractivity contribution in [3.63, 3.8) is 0 Å². The van der Waals surface area contributed by atoms with Crippen LogP contribution in [-0.2, 0) is 0 Å². The Bertz CT molecular complexity index is 282. The second-order valence-corrected chi connectivity index (χ2v) is 1.97. The first kappa shape index (κ1) is 26.0. The lowest BCUT2D eigenvalue weighted by Gasteiger charge is -1.89. The summed E-state index contributed by atoms with van der Waals surface area (Å²) in [7, 11) is 0. The van der Waals surface area contributed by atoms with E-state index in [-0.39, 0.29) is 5.69 Å². The lowest BCUT2D eigenvalue weighted by Crippen LogP contribution is -1.87. The molecule has 0 aliphatic heterocycles. The molecule has 0 heterocycles. The third-order valence-corrected chi connectivity index (χ3v) is 1.24. The number of nitro groups is 1. The molecular weight excluding hydrogens is 242 g/mol. The van der Waals surface area contributed by atoms with Gasteiger partial charge in [0, 0.05) is 17.7 Å². The normalized spacial score (nSPS) is 6.53. The fraction of sp³-hybridized carbons (Fsp3) is 0.533. The van der Waals surface area contributed by atoms with E-state index in [4.69, 9.17) is 0 Å². The molecule has 1 aromatic rings. The zero-order valence-corrected chi connectivity index (χ0v) is 13.6. The van der Waals surface area contributed by atoms with Crippen molar-refractivity contribution in [2.45, 2.75) is 55.4 Å². The lowest BCUT2D eigenvalue weighted by atomic mass is 10.2. The van der Waals surface area contributed by atoms with Gasteiger partial charge in [-0.1, -0.05) is 55.4 Å². The van der Waals surface area contributed by atoms with Crippen molar-refractivity contribution in [3.8, 4) is 0 Å². The summed E-state index contributed by atoms with van der Waals surface area (Å²) in [4.78, 5) is 19.7. The Hall–Kier alpha value is -1.71. The average molecular weight is 271 g/mol. The summed E-state index contributed by atoms with van der Waals surface area (Å²) >= 11 is 0. The molecular formula is C15H29NO3. The van der Waals surface area contributed by atoms with E-state index in [1.807, 2.05) is 55.4 Å². The number of carbonyl (C=O) groups is 1. The molecule has 112 valence electrons. The predicted octanol–water partition coefficient (Wildman–Crippen LogP) is 5.51. The van der Waals surface area contributed by atoms with Crippen LogP contribution in [0.15, 0.2) is 24.3 Å². The molecule has 0 N–H and O–H groups in total. The molecule has 0 spiro atoms. The van der Waals surface area contributed by atoms with Gasteiger partial charge in [-0.2, -0.15) is 0 Å². The molecule has 0 saturated carbocycles. The van der Waals surface area contributed by atoms with Gasteiger partial charge in [-0.25, -0.2) is 0 Å². The van der Waals surface area contributed by atoms with Crippen LogP contribution in [0.3, 0.4) is 0 Å². The Morgan fingerprint density at radius 1 is 0.842 bits per heavy atom. The van der Waals surface area contributed by atoms with E-state index in [1.165, 1.54) is 24.3 Å². The average Bonchev–Trinajstić information content (AvgIpc) is 2.55. The number of benzene rings is 1. The standard InChI is InChI=1S/C7H5NO3.4C2H6/c9-5-6-1-3-7(4-2-6)8(10)11;4*1-2/h1-5H;4*1-2H3. The molecule has 4 nitrogen and oxygen atoms in total. The maximum Gasteiger partial charge on any atom is 0.269 e. The van der Waals surface area contributed by atoms with E-state index in [9.17, 15) is 14.9 Å². The van der Waals surface area contributed by atoms with Gasteiger partial charge in [0.25, 0.3) is 5.69 Å². The number of carbonyl (C=O) groups excluding carboxylic acids is 1. The van der Waals surface area contributed by atoms with E-state index in [0.717, 1.165) is 0 Å². The van der Waals surface area contributed by atoms with Crippen molar-refractivity contribution >= 4 is 12.0 Å². The first-order valence-electron chi connectivity index (χ1n) is 6.93. The predicted molar refractivity (Wildman–Crippen MR) is 83.9 cm³/mol. The number of hydrogen-bond acceptors (Lipinski definition) is 3. The molecule has 1 aromatic carbocycles. The second kappa shape index (κ2) is 25.2. The van der Waals surface area contributed by atoms with Crippen LogP contribution < -0.4 is 0 Å². The highest BCUT2D eigenvalue weighted by Gasteiger charge is 2.02. The minimum Gasteiger partial charge on any atom is -0.298 e. The smallest absolute Gasteiger partial charge is 0.269 e. The van der Waals surface area contributed by atoms with Crippen molar-refractivity contribution in [2.24, 2.45) is 0 Å². The zero-order chi connectivity index (χ0) is 16.3. The van der Waals surface area contributed by atoms with E-state index in [0.29, 0.717) is 11.8 Å². The van der Waals surface area contributed by atoms with Crippen LogP contribution >= 0.6 is 0 Å². The Balaban J connectivity index is -0.000000121. The molecule has 0 saturated heterocycles. The fourth-order valence-electron chi connectivity index (χ4n) is 0.675. The largest absolute Gasteiger partial charge is 0.298 e. The van der Waals surface area contributed by atoms with Gasteiger partial charge in [0.15, 0.2) is 0 Å². The number of aldehydes is 1. The summed E-state index contributed by atoms with van der Waals surface area (Å²) in [6.45, 7) is 16.0. The Labute approximate surface area is 118 Å². The topological polar surface area (TPSA) is 60.2 Å². The van der Waals surface area contributed by atoms with E-state index in [2.05, 4.69) is 0 Å². The minimum absolute atomic E-state index is 0.00407. The second-order valence-electron chi connectivity index (χ2n) is 1.97. The van der Waals surface area contributed by atoms with Gasteiger partial charge in [0.2, 0.25) is 0 Å². The van der Waals surface area contributed by atoms with Crippen LogP contribution in [0.4, 0.5) is 5.69 Å². The van der Waals surface area contributed by atoms with Gasteiger partial charge < -0.3 is 0 Å². The Morgan fingerprint density at radius 3 is 1.37 bits per heavy atom.